The van der Waals surface area contributed by atoms with Gasteiger partial charge in [-0.25, -0.2) is 0 Å². The van der Waals surface area contributed by atoms with Crippen molar-refractivity contribution in [2.45, 2.75) is 0 Å². The van der Waals surface area contributed by atoms with Gasteiger partial charge in [-0.05, 0) is 23.8 Å². The molecule has 1 aromatic heterocycles. The molecule has 0 atom stereocenters. The number of aromatic hydroxyl groups is 1. The fraction of sp³-hybridized carbons (Fsp3) is 0. The van der Waals surface area contributed by atoms with E-state index in [1.54, 1.807) is 12.3 Å². The van der Waals surface area contributed by atoms with Crippen LogP contribution in [-0.2, 0) is 0 Å². The number of rotatable bonds is 1. The highest BCUT2D eigenvalue weighted by atomic mass is 16.3. The number of hydrogen-bond donors (Lipinski definition) is 1. The van der Waals surface area contributed by atoms with Crippen LogP contribution in [0.3, 0.4) is 0 Å². The zero-order valence-electron chi connectivity index (χ0n) is 9.17. The first kappa shape index (κ1) is 9.85. The molecule has 3 aromatic rings. The molecule has 1 heterocycles. The molecule has 0 saturated heterocycles. The molecule has 0 aliphatic rings. The molecule has 82 valence electrons. The smallest absolute Gasteiger partial charge is 0.124 e. The van der Waals surface area contributed by atoms with E-state index in [1.165, 1.54) is 0 Å². The minimum Gasteiger partial charge on any atom is -0.507 e. The van der Waals surface area contributed by atoms with Gasteiger partial charge in [-0.15, -0.1) is 0 Å². The zero-order valence-corrected chi connectivity index (χ0v) is 9.17. The Balaban J connectivity index is 2.39. The fourth-order valence-corrected chi connectivity index (χ4v) is 2.05. The molecule has 0 saturated carbocycles. The van der Waals surface area contributed by atoms with Gasteiger partial charge in [0.15, 0.2) is 0 Å². The SMILES string of the molecule is Oc1ccc2ncccc2c1-c1ccccc1. The fourth-order valence-electron chi connectivity index (χ4n) is 2.05. The lowest BCUT2D eigenvalue weighted by Crippen LogP contribution is -1.84. The molecule has 0 aliphatic heterocycles. The second-order valence-electron chi connectivity index (χ2n) is 3.90. The largest absolute Gasteiger partial charge is 0.507 e. The third kappa shape index (κ3) is 1.64. The average Bonchev–Trinajstić information content (AvgIpc) is 2.39. The highest BCUT2D eigenvalue weighted by Crippen LogP contribution is 2.35. The first-order valence-corrected chi connectivity index (χ1v) is 5.48. The number of fused-ring (bicyclic) bond motifs is 1. The van der Waals surface area contributed by atoms with Crippen LogP contribution in [0.5, 0.6) is 5.75 Å². The van der Waals surface area contributed by atoms with Crippen molar-refractivity contribution in [1.29, 1.82) is 0 Å². The number of nitrogens with zero attached hydrogens (tertiary/aromatic N) is 1. The summed E-state index contributed by atoms with van der Waals surface area (Å²) in [6.45, 7) is 0. The lowest BCUT2D eigenvalue weighted by Gasteiger charge is -2.08. The van der Waals surface area contributed by atoms with E-state index in [4.69, 9.17) is 0 Å². The van der Waals surface area contributed by atoms with Crippen LogP contribution in [0.25, 0.3) is 22.0 Å². The first-order chi connectivity index (χ1) is 8.36. The molecule has 0 unspecified atom stereocenters. The summed E-state index contributed by atoms with van der Waals surface area (Å²) in [6, 6.07) is 17.2. The van der Waals surface area contributed by atoms with Crippen LogP contribution in [0.1, 0.15) is 0 Å². The summed E-state index contributed by atoms with van der Waals surface area (Å²) in [4.78, 5) is 4.30. The lowest BCUT2D eigenvalue weighted by atomic mass is 10.00. The van der Waals surface area contributed by atoms with Gasteiger partial charge in [0, 0.05) is 17.1 Å². The summed E-state index contributed by atoms with van der Waals surface area (Å²) in [7, 11) is 0. The van der Waals surface area contributed by atoms with Crippen molar-refractivity contribution < 1.29 is 5.11 Å². The topological polar surface area (TPSA) is 33.1 Å². The van der Waals surface area contributed by atoms with Crippen molar-refractivity contribution >= 4 is 10.9 Å². The number of phenols is 1. The van der Waals surface area contributed by atoms with Crippen LogP contribution in [0.15, 0.2) is 60.8 Å². The molecule has 0 fully saturated rings. The van der Waals surface area contributed by atoms with Crippen LogP contribution in [0, 0.1) is 0 Å². The van der Waals surface area contributed by atoms with E-state index in [-0.39, 0.29) is 5.75 Å². The van der Waals surface area contributed by atoms with Gasteiger partial charge in [-0.3, -0.25) is 4.98 Å². The number of pyridine rings is 1. The van der Waals surface area contributed by atoms with E-state index in [0.29, 0.717) is 0 Å². The summed E-state index contributed by atoms with van der Waals surface area (Å²) >= 11 is 0. The molecule has 0 radical (unpaired) electrons. The van der Waals surface area contributed by atoms with Crippen LogP contribution in [0.2, 0.25) is 0 Å². The number of benzene rings is 2. The molecule has 0 spiro atoms. The Kier molecular flexibility index (Phi) is 2.26. The van der Waals surface area contributed by atoms with Gasteiger partial charge in [-0.1, -0.05) is 36.4 Å². The third-order valence-electron chi connectivity index (χ3n) is 2.83. The maximum Gasteiger partial charge on any atom is 0.124 e. The van der Waals surface area contributed by atoms with Gasteiger partial charge < -0.3 is 5.11 Å². The highest BCUT2D eigenvalue weighted by molar-refractivity contribution is 5.97. The summed E-state index contributed by atoms with van der Waals surface area (Å²) in [5, 5.41) is 11.0. The van der Waals surface area contributed by atoms with Crippen molar-refractivity contribution in [2.24, 2.45) is 0 Å². The van der Waals surface area contributed by atoms with E-state index in [1.807, 2.05) is 48.5 Å². The second kappa shape index (κ2) is 3.91. The summed E-state index contributed by atoms with van der Waals surface area (Å²) in [6.07, 6.45) is 1.76. The molecular formula is C15H11NO. The van der Waals surface area contributed by atoms with Crippen LogP contribution < -0.4 is 0 Å². The van der Waals surface area contributed by atoms with Crippen molar-refractivity contribution in [1.82, 2.24) is 4.98 Å². The zero-order chi connectivity index (χ0) is 11.7. The Hall–Kier alpha value is -2.35. The minimum absolute atomic E-state index is 0.289. The Morgan fingerprint density at radius 2 is 1.65 bits per heavy atom. The van der Waals surface area contributed by atoms with E-state index in [9.17, 15) is 5.11 Å². The monoisotopic (exact) mass is 221 g/mol. The normalized spacial score (nSPS) is 10.6. The Bertz CT molecular complexity index is 662. The number of phenolic OH excluding ortho intramolecular Hbond substituents is 1. The second-order valence-corrected chi connectivity index (χ2v) is 3.90. The quantitative estimate of drug-likeness (QED) is 0.681. The standard InChI is InChI=1S/C15H11NO/c17-14-9-8-13-12(7-4-10-16-13)15(14)11-5-2-1-3-6-11/h1-10,17H. The summed E-state index contributed by atoms with van der Waals surface area (Å²) < 4.78 is 0. The average molecular weight is 221 g/mol. The van der Waals surface area contributed by atoms with Gasteiger partial charge in [0.25, 0.3) is 0 Å². The first-order valence-electron chi connectivity index (χ1n) is 5.48. The van der Waals surface area contributed by atoms with Crippen molar-refractivity contribution in [3.63, 3.8) is 0 Å². The Labute approximate surface area is 99.2 Å². The van der Waals surface area contributed by atoms with Crippen molar-refractivity contribution in [3.05, 3.63) is 60.8 Å². The maximum atomic E-state index is 10.0. The predicted octanol–water partition coefficient (Wildman–Crippen LogP) is 3.61. The van der Waals surface area contributed by atoms with Crippen LogP contribution in [-0.4, -0.2) is 10.1 Å². The molecule has 17 heavy (non-hydrogen) atoms. The van der Waals surface area contributed by atoms with E-state index >= 15 is 0 Å². The lowest BCUT2D eigenvalue weighted by molar-refractivity contribution is 0.478. The summed E-state index contributed by atoms with van der Waals surface area (Å²) in [5.41, 5.74) is 2.74. The predicted molar refractivity (Wildman–Crippen MR) is 68.8 cm³/mol. The van der Waals surface area contributed by atoms with Gasteiger partial charge in [-0.2, -0.15) is 0 Å². The minimum atomic E-state index is 0.289. The van der Waals surface area contributed by atoms with Gasteiger partial charge in [0.2, 0.25) is 0 Å². The molecule has 3 rings (SSSR count). The van der Waals surface area contributed by atoms with Crippen LogP contribution >= 0.6 is 0 Å². The molecule has 0 aliphatic carbocycles. The number of hydrogen-bond acceptors (Lipinski definition) is 2. The highest BCUT2D eigenvalue weighted by Gasteiger charge is 2.08. The Morgan fingerprint density at radius 3 is 2.47 bits per heavy atom. The van der Waals surface area contributed by atoms with E-state index in [2.05, 4.69) is 4.98 Å². The van der Waals surface area contributed by atoms with E-state index in [0.717, 1.165) is 22.0 Å². The molecule has 1 N–H and O–H groups in total. The number of aromatic nitrogens is 1. The van der Waals surface area contributed by atoms with E-state index < -0.39 is 0 Å². The Morgan fingerprint density at radius 1 is 0.824 bits per heavy atom. The maximum absolute atomic E-state index is 10.0. The van der Waals surface area contributed by atoms with Gasteiger partial charge in [0.05, 0.1) is 5.52 Å². The molecule has 2 heteroatoms. The summed E-state index contributed by atoms with van der Waals surface area (Å²) in [5.74, 6) is 0.289. The van der Waals surface area contributed by atoms with Gasteiger partial charge >= 0.3 is 0 Å². The molecule has 0 bridgehead atoms. The van der Waals surface area contributed by atoms with Crippen molar-refractivity contribution in [2.75, 3.05) is 0 Å². The van der Waals surface area contributed by atoms with Crippen molar-refractivity contribution in [3.8, 4) is 16.9 Å². The molecule has 0 amide bonds. The molecule has 2 aromatic carbocycles. The van der Waals surface area contributed by atoms with Gasteiger partial charge in [0.1, 0.15) is 5.75 Å². The molecular weight excluding hydrogens is 210 g/mol. The molecule has 2 nitrogen and oxygen atoms in total. The van der Waals surface area contributed by atoms with Crippen LogP contribution in [0.4, 0.5) is 0 Å². The third-order valence-corrected chi connectivity index (χ3v) is 2.83.